The maximum atomic E-state index is 14.1. The molecule has 0 bridgehead atoms. The average molecular weight is 694 g/mol. The van der Waals surface area contributed by atoms with Crippen molar-refractivity contribution in [3.05, 3.63) is 95.1 Å². The summed E-state index contributed by atoms with van der Waals surface area (Å²) < 4.78 is 80.2. The molecule has 3 heterocycles. The van der Waals surface area contributed by atoms with Crippen LogP contribution in [0.1, 0.15) is 58.8 Å². The van der Waals surface area contributed by atoms with Crippen molar-refractivity contribution in [3.8, 4) is 22.9 Å². The topological polar surface area (TPSA) is 133 Å². The van der Waals surface area contributed by atoms with E-state index in [1.807, 2.05) is 6.92 Å². The molecule has 14 heteroatoms. The van der Waals surface area contributed by atoms with Gasteiger partial charge in [0.2, 0.25) is 15.8 Å². The first-order valence-electron chi connectivity index (χ1n) is 16.0. The number of para-hydroxylation sites is 1. The molecule has 2 aromatic heterocycles. The number of nitrogen functional groups attached to an aromatic ring is 1. The van der Waals surface area contributed by atoms with Gasteiger partial charge in [0.25, 0.3) is 6.43 Å². The van der Waals surface area contributed by atoms with Crippen molar-refractivity contribution in [1.82, 2.24) is 19.1 Å². The minimum Gasteiger partial charge on any atom is -0.487 e. The lowest BCUT2D eigenvalue weighted by molar-refractivity contribution is 0.0811. The Bertz CT molecular complexity index is 2150. The van der Waals surface area contributed by atoms with Crippen molar-refractivity contribution in [2.45, 2.75) is 50.2 Å². The molecule has 5 aromatic rings. The molecular formula is C35H34F3N5O5S. The van der Waals surface area contributed by atoms with Gasteiger partial charge >= 0.3 is 0 Å². The highest BCUT2D eigenvalue weighted by Crippen LogP contribution is 2.40. The number of fused-ring (bicyclic) bond motifs is 1. The molecule has 0 radical (unpaired) electrons. The molecule has 1 aliphatic heterocycles. The van der Waals surface area contributed by atoms with Crippen LogP contribution in [0.15, 0.2) is 66.9 Å². The number of nitrogens with one attached hydrogen (secondary N) is 1. The minimum absolute atomic E-state index is 0.0870. The molecule has 2 fully saturated rings. The van der Waals surface area contributed by atoms with E-state index in [0.717, 1.165) is 0 Å². The molecule has 1 saturated heterocycles. The van der Waals surface area contributed by atoms with Crippen molar-refractivity contribution >= 4 is 32.5 Å². The Balaban J connectivity index is 1.13. The third-order valence-corrected chi connectivity index (χ3v) is 11.5. The number of piperidine rings is 1. The van der Waals surface area contributed by atoms with Gasteiger partial charge in [0.1, 0.15) is 23.9 Å². The molecule has 0 spiro atoms. The van der Waals surface area contributed by atoms with Gasteiger partial charge < -0.3 is 20.2 Å². The number of hydrogen-bond donors (Lipinski definition) is 2. The van der Waals surface area contributed by atoms with E-state index < -0.39 is 34.7 Å². The van der Waals surface area contributed by atoms with E-state index in [4.69, 9.17) is 15.2 Å². The van der Waals surface area contributed by atoms with Crippen LogP contribution < -0.4 is 15.2 Å². The number of anilines is 1. The Morgan fingerprint density at radius 1 is 1.04 bits per heavy atom. The maximum absolute atomic E-state index is 14.1. The van der Waals surface area contributed by atoms with Gasteiger partial charge in [-0.1, -0.05) is 12.1 Å². The van der Waals surface area contributed by atoms with Crippen LogP contribution in [0.25, 0.3) is 16.6 Å². The molecule has 0 atom stereocenters. The van der Waals surface area contributed by atoms with E-state index in [9.17, 15) is 26.4 Å². The zero-order valence-corrected chi connectivity index (χ0v) is 27.4. The van der Waals surface area contributed by atoms with Gasteiger partial charge in [-0.3, -0.25) is 4.79 Å². The lowest BCUT2D eigenvalue weighted by Gasteiger charge is -2.32. The van der Waals surface area contributed by atoms with Gasteiger partial charge in [0.15, 0.2) is 11.6 Å². The first-order valence-corrected chi connectivity index (χ1v) is 17.5. The third kappa shape index (κ3) is 6.49. The largest absolute Gasteiger partial charge is 0.487 e. The van der Waals surface area contributed by atoms with Gasteiger partial charge in [0, 0.05) is 24.0 Å². The molecule has 1 aliphatic carbocycles. The van der Waals surface area contributed by atoms with E-state index in [2.05, 4.69) is 10.1 Å². The quantitative estimate of drug-likeness (QED) is 0.147. The normalized spacial score (nSPS) is 16.0. The van der Waals surface area contributed by atoms with Gasteiger partial charge in [-0.25, -0.2) is 30.6 Å². The van der Waals surface area contributed by atoms with Crippen LogP contribution in [0, 0.1) is 12.7 Å². The molecular weight excluding hydrogens is 659 g/mol. The van der Waals surface area contributed by atoms with Crippen molar-refractivity contribution in [2.24, 2.45) is 0 Å². The summed E-state index contributed by atoms with van der Waals surface area (Å²) in [6.45, 7) is 1.70. The molecule has 3 aromatic carbocycles. The number of aryl methyl sites for hydroxylation is 1. The van der Waals surface area contributed by atoms with Crippen LogP contribution >= 0.6 is 0 Å². The Morgan fingerprint density at radius 3 is 2.49 bits per heavy atom. The van der Waals surface area contributed by atoms with Gasteiger partial charge in [-0.2, -0.15) is 5.10 Å². The van der Waals surface area contributed by atoms with E-state index in [1.165, 1.54) is 27.3 Å². The number of benzene rings is 3. The number of aromatic nitrogens is 3. The first kappa shape index (κ1) is 32.7. The van der Waals surface area contributed by atoms with E-state index in [1.54, 1.807) is 48.5 Å². The Labute approximate surface area is 280 Å². The van der Waals surface area contributed by atoms with Crippen LogP contribution in [0.4, 0.5) is 19.0 Å². The summed E-state index contributed by atoms with van der Waals surface area (Å²) in [7, 11) is -3.31. The van der Waals surface area contributed by atoms with E-state index in [-0.39, 0.29) is 39.7 Å². The highest BCUT2D eigenvalue weighted by molar-refractivity contribution is 7.90. The predicted octanol–water partition coefficient (Wildman–Crippen LogP) is 6.72. The zero-order valence-electron chi connectivity index (χ0n) is 26.5. The Hall–Kier alpha value is -4.82. The standard InChI is InChI=1S/C35H34F3N5O5S/c1-20-14-23(48-31-5-3-2-4-27(31)36)6-9-30(20)43-35(39)26(18-40-43)34(44)29-15-22-16-32(47-19-33(37)38)25(17-28(22)41-29)21-10-12-42(13-11-21)49(45,46)24-7-8-24/h2-6,9,14-18,21,24,33,41H,7-8,10-13,19,39H2,1H3. The highest BCUT2D eigenvalue weighted by Gasteiger charge is 2.41. The average Bonchev–Trinajstić information content (AvgIpc) is 3.77. The molecule has 2 aliphatic rings. The Morgan fingerprint density at radius 2 is 1.80 bits per heavy atom. The van der Waals surface area contributed by atoms with Crippen LogP contribution in [0.2, 0.25) is 0 Å². The number of halogens is 3. The fraction of sp³-hybridized carbons (Fsp3) is 0.314. The smallest absolute Gasteiger partial charge is 0.272 e. The molecule has 7 rings (SSSR count). The third-order valence-electron chi connectivity index (χ3n) is 9.07. The number of sulfonamides is 1. The van der Waals surface area contributed by atoms with Gasteiger partial charge in [-0.05, 0) is 98.2 Å². The number of nitrogens with two attached hydrogens (primary N) is 1. The van der Waals surface area contributed by atoms with Gasteiger partial charge in [-0.15, -0.1) is 0 Å². The van der Waals surface area contributed by atoms with Crippen LogP contribution in [0.5, 0.6) is 17.2 Å². The number of carbonyl (C=O) groups is 1. The molecule has 0 unspecified atom stereocenters. The monoisotopic (exact) mass is 693 g/mol. The lowest BCUT2D eigenvalue weighted by Crippen LogP contribution is -2.39. The second-order valence-electron chi connectivity index (χ2n) is 12.4. The zero-order chi connectivity index (χ0) is 34.4. The molecule has 49 heavy (non-hydrogen) atoms. The number of ether oxygens (including phenoxy) is 2. The molecule has 3 N–H and O–H groups in total. The lowest BCUT2D eigenvalue weighted by atomic mass is 9.89. The molecule has 1 saturated carbocycles. The summed E-state index contributed by atoms with van der Waals surface area (Å²) in [5.74, 6) is -0.154. The van der Waals surface area contributed by atoms with Crippen LogP contribution in [-0.4, -0.2) is 64.6 Å². The number of ketones is 1. The van der Waals surface area contributed by atoms with Gasteiger partial charge in [0.05, 0.1) is 28.4 Å². The number of alkyl halides is 2. The number of hydrogen-bond acceptors (Lipinski definition) is 7. The van der Waals surface area contributed by atoms with E-state index in [0.29, 0.717) is 72.2 Å². The summed E-state index contributed by atoms with van der Waals surface area (Å²) in [6.07, 6.45) is 1.09. The number of aromatic amines is 1. The van der Waals surface area contributed by atoms with E-state index >= 15 is 0 Å². The summed E-state index contributed by atoms with van der Waals surface area (Å²) >= 11 is 0. The van der Waals surface area contributed by atoms with Crippen molar-refractivity contribution in [3.63, 3.8) is 0 Å². The van der Waals surface area contributed by atoms with Crippen molar-refractivity contribution < 1.29 is 35.9 Å². The number of nitrogens with zero attached hydrogens (tertiary/aromatic N) is 3. The predicted molar refractivity (Wildman–Crippen MR) is 178 cm³/mol. The number of carbonyl (C=O) groups excluding carboxylic acids is 1. The fourth-order valence-corrected chi connectivity index (χ4v) is 8.22. The summed E-state index contributed by atoms with van der Waals surface area (Å²) in [6, 6.07) is 16.2. The minimum atomic E-state index is -3.31. The summed E-state index contributed by atoms with van der Waals surface area (Å²) in [4.78, 5) is 16.9. The number of H-pyrrole nitrogens is 1. The molecule has 256 valence electrons. The Kier molecular flexibility index (Phi) is 8.61. The maximum Gasteiger partial charge on any atom is 0.272 e. The SMILES string of the molecule is Cc1cc(Oc2ccccc2F)ccc1-n1ncc(C(=O)c2cc3cc(OCC(F)F)c(C4CCN(S(=O)(=O)C5CC5)CC4)cc3[nH]2)c1N. The molecule has 10 nitrogen and oxygen atoms in total. The fourth-order valence-electron chi connectivity index (χ4n) is 6.35. The summed E-state index contributed by atoms with van der Waals surface area (Å²) in [5, 5.41) is 4.65. The van der Waals surface area contributed by atoms with Crippen molar-refractivity contribution in [1.29, 1.82) is 0 Å². The number of rotatable bonds is 11. The second-order valence-corrected chi connectivity index (χ2v) is 14.7. The highest BCUT2D eigenvalue weighted by atomic mass is 32.2. The van der Waals surface area contributed by atoms with Crippen LogP contribution in [-0.2, 0) is 10.0 Å². The second kappa shape index (κ2) is 12.9. The van der Waals surface area contributed by atoms with Crippen LogP contribution in [0.3, 0.4) is 0 Å². The first-order chi connectivity index (χ1) is 23.5. The summed E-state index contributed by atoms with van der Waals surface area (Å²) in [5.41, 5.74) is 9.40. The molecule has 0 amide bonds. The van der Waals surface area contributed by atoms with Crippen molar-refractivity contribution in [2.75, 3.05) is 25.4 Å².